The van der Waals surface area contributed by atoms with E-state index in [2.05, 4.69) is 30.0 Å². The third kappa shape index (κ3) is 5.15. The molecule has 1 atom stereocenters. The van der Waals surface area contributed by atoms with Crippen LogP contribution < -0.4 is 4.72 Å². The quantitative estimate of drug-likeness (QED) is 0.377. The minimum atomic E-state index is -4.08. The summed E-state index contributed by atoms with van der Waals surface area (Å²) in [6, 6.07) is 9.65. The topological polar surface area (TPSA) is 167 Å². The van der Waals surface area contributed by atoms with Gasteiger partial charge in [-0.3, -0.25) is 9.59 Å². The SMILES string of the molecule is CC1=NN(C(=O)c2ccc(Cl)cc2)C(=O)C1/N=N/c1ccc(S(=O)(=O)Nc2ncccn2)cc1O. The van der Waals surface area contributed by atoms with Crippen molar-refractivity contribution in [1.29, 1.82) is 0 Å². The summed E-state index contributed by atoms with van der Waals surface area (Å²) >= 11 is 5.82. The van der Waals surface area contributed by atoms with Crippen molar-refractivity contribution in [2.75, 3.05) is 4.72 Å². The second-order valence-electron chi connectivity index (χ2n) is 7.15. The number of aromatic nitrogens is 2. The lowest BCUT2D eigenvalue weighted by molar-refractivity contribution is -0.127. The largest absolute Gasteiger partial charge is 0.506 e. The minimum Gasteiger partial charge on any atom is -0.506 e. The summed E-state index contributed by atoms with van der Waals surface area (Å²) in [4.78, 5) is 32.6. The predicted octanol–water partition coefficient (Wildman–Crippen LogP) is 3.15. The van der Waals surface area contributed by atoms with Crippen LogP contribution in [0.1, 0.15) is 17.3 Å². The zero-order valence-electron chi connectivity index (χ0n) is 17.9. The number of carbonyl (C=O) groups excluding carboxylic acids is 2. The van der Waals surface area contributed by atoms with Crippen molar-refractivity contribution in [3.8, 4) is 5.75 Å². The number of sulfonamides is 1. The lowest BCUT2D eigenvalue weighted by Gasteiger charge is -2.10. The zero-order chi connectivity index (χ0) is 25.2. The number of phenolic OH excluding ortho intramolecular Hbond substituents is 1. The standard InChI is InChI=1S/C21H16ClN7O5S/c1-12-18(20(32)29(27-12)19(31)13-3-5-14(22)6-4-13)26-25-16-8-7-15(11-17(16)30)35(33,34)28-21-23-9-2-10-24-21/h2-11,18,30H,1H3,(H,23,24,28)/b26-25+. The van der Waals surface area contributed by atoms with Gasteiger partial charge in [0, 0.05) is 29.0 Å². The van der Waals surface area contributed by atoms with Gasteiger partial charge in [0.2, 0.25) is 5.95 Å². The molecule has 178 valence electrons. The summed E-state index contributed by atoms with van der Waals surface area (Å²) in [6.07, 6.45) is 2.73. The Kier molecular flexibility index (Phi) is 6.53. The summed E-state index contributed by atoms with van der Waals surface area (Å²) in [6.45, 7) is 1.50. The minimum absolute atomic E-state index is 0.0945. The number of hydrogen-bond donors (Lipinski definition) is 2. The van der Waals surface area contributed by atoms with Crippen molar-refractivity contribution in [3.05, 3.63) is 71.5 Å². The number of azo groups is 1. The Morgan fingerprint density at radius 3 is 2.49 bits per heavy atom. The normalized spacial score (nSPS) is 15.9. The molecule has 4 rings (SSSR count). The molecule has 2 N–H and O–H groups in total. The molecule has 1 aliphatic heterocycles. The fourth-order valence-corrected chi connectivity index (χ4v) is 4.06. The number of rotatable bonds is 6. The first-order chi connectivity index (χ1) is 16.7. The van der Waals surface area contributed by atoms with E-state index in [4.69, 9.17) is 11.6 Å². The Balaban J connectivity index is 1.50. The van der Waals surface area contributed by atoms with Crippen LogP contribution in [-0.4, -0.2) is 52.1 Å². The molecule has 1 aliphatic rings. The highest BCUT2D eigenvalue weighted by Gasteiger charge is 2.38. The van der Waals surface area contributed by atoms with Gasteiger partial charge in [-0.05, 0) is 49.4 Å². The number of hydrazone groups is 1. The smallest absolute Gasteiger partial charge is 0.282 e. The number of carbonyl (C=O) groups is 2. The molecule has 2 heterocycles. The molecule has 0 radical (unpaired) electrons. The molecule has 0 aliphatic carbocycles. The Morgan fingerprint density at radius 2 is 1.83 bits per heavy atom. The fraction of sp³-hybridized carbons (Fsp3) is 0.0952. The highest BCUT2D eigenvalue weighted by atomic mass is 35.5. The van der Waals surface area contributed by atoms with Crippen LogP contribution in [0.25, 0.3) is 0 Å². The molecular formula is C21H16ClN7O5S. The van der Waals surface area contributed by atoms with Crippen molar-refractivity contribution in [2.24, 2.45) is 15.3 Å². The summed E-state index contributed by atoms with van der Waals surface area (Å²) < 4.78 is 27.2. The second-order valence-corrected chi connectivity index (χ2v) is 9.27. The maximum absolute atomic E-state index is 12.7. The monoisotopic (exact) mass is 513 g/mol. The van der Waals surface area contributed by atoms with Gasteiger partial charge in [-0.1, -0.05) is 11.6 Å². The average Bonchev–Trinajstić information content (AvgIpc) is 3.11. The third-order valence-electron chi connectivity index (χ3n) is 4.71. The predicted molar refractivity (Wildman–Crippen MR) is 125 cm³/mol. The van der Waals surface area contributed by atoms with Crippen LogP contribution in [0.2, 0.25) is 5.02 Å². The fourth-order valence-electron chi connectivity index (χ4n) is 2.96. The van der Waals surface area contributed by atoms with E-state index in [1.807, 2.05) is 0 Å². The van der Waals surface area contributed by atoms with Crippen molar-refractivity contribution >= 4 is 50.8 Å². The van der Waals surface area contributed by atoms with Gasteiger partial charge in [0.15, 0.2) is 6.04 Å². The van der Waals surface area contributed by atoms with Crippen LogP contribution >= 0.6 is 11.6 Å². The summed E-state index contributed by atoms with van der Waals surface area (Å²) in [7, 11) is -4.08. The van der Waals surface area contributed by atoms with Crippen molar-refractivity contribution < 1.29 is 23.1 Å². The number of halogens is 1. The van der Waals surface area contributed by atoms with Gasteiger partial charge in [-0.2, -0.15) is 20.3 Å². The molecular weight excluding hydrogens is 498 g/mol. The number of amides is 2. The Bertz CT molecular complexity index is 1460. The lowest BCUT2D eigenvalue weighted by atomic mass is 10.2. The van der Waals surface area contributed by atoms with Gasteiger partial charge in [0.25, 0.3) is 21.8 Å². The number of phenols is 1. The summed E-state index contributed by atoms with van der Waals surface area (Å²) in [5.41, 5.74) is 0.329. The van der Waals surface area contributed by atoms with Crippen molar-refractivity contribution in [1.82, 2.24) is 15.0 Å². The highest BCUT2D eigenvalue weighted by Crippen LogP contribution is 2.30. The number of aromatic hydroxyl groups is 1. The van der Waals surface area contributed by atoms with Crippen LogP contribution in [0.4, 0.5) is 11.6 Å². The molecule has 2 aromatic carbocycles. The number of imide groups is 1. The molecule has 1 aromatic heterocycles. The zero-order valence-corrected chi connectivity index (χ0v) is 19.5. The van der Waals surface area contributed by atoms with Gasteiger partial charge in [0.1, 0.15) is 11.4 Å². The highest BCUT2D eigenvalue weighted by molar-refractivity contribution is 7.92. The molecule has 14 heteroatoms. The van der Waals surface area contributed by atoms with E-state index < -0.39 is 33.6 Å². The molecule has 0 fully saturated rings. The number of nitrogens with one attached hydrogen (secondary N) is 1. The van der Waals surface area contributed by atoms with Crippen LogP contribution in [-0.2, 0) is 14.8 Å². The second kappa shape index (κ2) is 9.56. The molecule has 0 bridgehead atoms. The van der Waals surface area contributed by atoms with Crippen LogP contribution in [0, 0.1) is 0 Å². The first-order valence-corrected chi connectivity index (χ1v) is 11.7. The maximum Gasteiger partial charge on any atom is 0.282 e. The van der Waals surface area contributed by atoms with E-state index in [0.717, 1.165) is 6.07 Å². The molecule has 0 spiro atoms. The molecule has 1 unspecified atom stereocenters. The molecule has 0 saturated carbocycles. The maximum atomic E-state index is 12.7. The average molecular weight is 514 g/mol. The summed E-state index contributed by atoms with van der Waals surface area (Å²) in [5, 5.41) is 23.1. The van der Waals surface area contributed by atoms with Gasteiger partial charge < -0.3 is 5.11 Å². The Morgan fingerprint density at radius 1 is 1.14 bits per heavy atom. The van der Waals surface area contributed by atoms with Crippen molar-refractivity contribution in [3.63, 3.8) is 0 Å². The number of nitrogens with zero attached hydrogens (tertiary/aromatic N) is 6. The van der Waals surface area contributed by atoms with Crippen molar-refractivity contribution in [2.45, 2.75) is 17.9 Å². The number of anilines is 1. The van der Waals surface area contributed by atoms with E-state index in [0.29, 0.717) is 10.0 Å². The Hall–Kier alpha value is -4.23. The Labute approximate surface area is 204 Å². The van der Waals surface area contributed by atoms with Crippen LogP contribution in [0.5, 0.6) is 5.75 Å². The molecule has 0 saturated heterocycles. The number of hydrogen-bond acceptors (Lipinski definition) is 10. The molecule has 35 heavy (non-hydrogen) atoms. The van der Waals surface area contributed by atoms with E-state index in [-0.39, 0.29) is 27.8 Å². The van der Waals surface area contributed by atoms with Crippen LogP contribution in [0.3, 0.4) is 0 Å². The van der Waals surface area contributed by atoms with E-state index in [9.17, 15) is 23.1 Å². The van der Waals surface area contributed by atoms with Gasteiger partial charge in [-0.15, -0.1) is 0 Å². The van der Waals surface area contributed by atoms with Gasteiger partial charge >= 0.3 is 0 Å². The molecule has 3 aromatic rings. The van der Waals surface area contributed by atoms with E-state index in [1.165, 1.54) is 61.8 Å². The lowest BCUT2D eigenvalue weighted by Crippen LogP contribution is -2.34. The summed E-state index contributed by atoms with van der Waals surface area (Å²) in [5.74, 6) is -2.02. The first-order valence-electron chi connectivity index (χ1n) is 9.88. The van der Waals surface area contributed by atoms with E-state index >= 15 is 0 Å². The van der Waals surface area contributed by atoms with Crippen LogP contribution in [0.15, 0.2) is 81.2 Å². The first kappa shape index (κ1) is 23.9. The number of benzene rings is 2. The molecule has 12 nitrogen and oxygen atoms in total. The van der Waals surface area contributed by atoms with Gasteiger partial charge in [-0.25, -0.2) is 23.1 Å². The third-order valence-corrected chi connectivity index (χ3v) is 6.29. The van der Waals surface area contributed by atoms with Gasteiger partial charge in [0.05, 0.1) is 10.6 Å². The molecule has 2 amide bonds. The van der Waals surface area contributed by atoms with E-state index in [1.54, 1.807) is 0 Å².